The van der Waals surface area contributed by atoms with Crippen molar-refractivity contribution in [1.82, 2.24) is 24.7 Å². The molecule has 0 radical (unpaired) electrons. The molecule has 0 spiro atoms. The van der Waals surface area contributed by atoms with E-state index in [9.17, 15) is 0 Å². The molecule has 8 heteroatoms. The number of hydrogen-bond donors (Lipinski definition) is 2. The zero-order chi connectivity index (χ0) is 20.4. The lowest BCUT2D eigenvalue weighted by Crippen LogP contribution is -2.29. The van der Waals surface area contributed by atoms with E-state index in [0.717, 1.165) is 53.4 Å². The van der Waals surface area contributed by atoms with Crippen LogP contribution in [0.3, 0.4) is 0 Å². The quantitative estimate of drug-likeness (QED) is 0.449. The molecule has 0 amide bonds. The van der Waals surface area contributed by atoms with Crippen molar-refractivity contribution in [1.29, 1.82) is 0 Å². The highest BCUT2D eigenvalue weighted by Crippen LogP contribution is 2.31. The maximum Gasteiger partial charge on any atom is 0.166 e. The third kappa shape index (κ3) is 3.83. The number of rotatable bonds is 7. The second-order valence-corrected chi connectivity index (χ2v) is 7.36. The SMILES string of the molecule is CCNCCN(C)c1ccc2nc(Nc3c(C)cccc3Cl)c3cncn3c2n1. The van der Waals surface area contributed by atoms with E-state index in [4.69, 9.17) is 21.6 Å². The Balaban J connectivity index is 1.75. The monoisotopic (exact) mass is 409 g/mol. The Hall–Kier alpha value is -2.90. The standard InChI is InChI=1S/C21H24ClN7/c1-4-23-10-11-28(3)18-9-8-16-21(26-18)29-13-24-12-17(29)20(25-16)27-19-14(2)6-5-7-15(19)22/h5-9,12-13,23H,4,10-11H2,1-3H3,(H,25,27). The maximum atomic E-state index is 6.39. The zero-order valence-corrected chi connectivity index (χ0v) is 17.5. The molecule has 0 aliphatic heterocycles. The average Bonchev–Trinajstić information content (AvgIpc) is 3.21. The van der Waals surface area contributed by atoms with Gasteiger partial charge >= 0.3 is 0 Å². The molecular weight excluding hydrogens is 386 g/mol. The summed E-state index contributed by atoms with van der Waals surface area (Å²) in [7, 11) is 2.04. The number of para-hydroxylation sites is 1. The van der Waals surface area contributed by atoms with Gasteiger partial charge in [0.15, 0.2) is 11.5 Å². The Morgan fingerprint density at radius 1 is 1.17 bits per heavy atom. The third-order valence-electron chi connectivity index (χ3n) is 4.91. The summed E-state index contributed by atoms with van der Waals surface area (Å²) in [5.74, 6) is 1.59. The molecular formula is C21H24ClN7. The summed E-state index contributed by atoms with van der Waals surface area (Å²) in [5.41, 5.74) is 4.29. The molecule has 0 aliphatic rings. The highest BCUT2D eigenvalue weighted by Gasteiger charge is 2.14. The first kappa shape index (κ1) is 19.4. The molecule has 4 rings (SSSR count). The van der Waals surface area contributed by atoms with E-state index >= 15 is 0 Å². The fourth-order valence-electron chi connectivity index (χ4n) is 3.26. The van der Waals surface area contributed by atoms with Crippen molar-refractivity contribution in [2.75, 3.05) is 36.9 Å². The van der Waals surface area contributed by atoms with Gasteiger partial charge in [-0.2, -0.15) is 0 Å². The predicted molar refractivity (Wildman–Crippen MR) is 120 cm³/mol. The first-order chi connectivity index (χ1) is 14.1. The minimum absolute atomic E-state index is 0.653. The second-order valence-electron chi connectivity index (χ2n) is 6.95. The van der Waals surface area contributed by atoms with Crippen LogP contribution in [0.25, 0.3) is 16.7 Å². The highest BCUT2D eigenvalue weighted by molar-refractivity contribution is 6.33. The number of halogens is 1. The van der Waals surface area contributed by atoms with Crippen LogP contribution in [0, 0.1) is 6.92 Å². The number of nitrogens with one attached hydrogen (secondary N) is 2. The van der Waals surface area contributed by atoms with Crippen molar-refractivity contribution >= 4 is 45.6 Å². The first-order valence-corrected chi connectivity index (χ1v) is 10.0. The van der Waals surface area contributed by atoms with Gasteiger partial charge in [-0.05, 0) is 37.2 Å². The smallest absolute Gasteiger partial charge is 0.166 e. The Bertz CT molecular complexity index is 1130. The molecule has 1 aromatic carbocycles. The van der Waals surface area contributed by atoms with Gasteiger partial charge < -0.3 is 15.5 Å². The van der Waals surface area contributed by atoms with Gasteiger partial charge in [0.2, 0.25) is 0 Å². The molecule has 4 aromatic rings. The van der Waals surface area contributed by atoms with E-state index in [0.29, 0.717) is 10.8 Å². The normalized spacial score (nSPS) is 11.3. The van der Waals surface area contributed by atoms with Gasteiger partial charge in [-0.25, -0.2) is 15.0 Å². The fourth-order valence-corrected chi connectivity index (χ4v) is 3.53. The summed E-state index contributed by atoms with van der Waals surface area (Å²) >= 11 is 6.39. The van der Waals surface area contributed by atoms with Gasteiger partial charge in [0.1, 0.15) is 23.2 Å². The van der Waals surface area contributed by atoms with E-state index in [2.05, 4.69) is 27.4 Å². The molecule has 0 bridgehead atoms. The van der Waals surface area contributed by atoms with Crippen LogP contribution in [0.2, 0.25) is 5.02 Å². The van der Waals surface area contributed by atoms with Gasteiger partial charge in [-0.15, -0.1) is 0 Å². The molecule has 0 atom stereocenters. The Labute approximate surface area is 174 Å². The van der Waals surface area contributed by atoms with E-state index < -0.39 is 0 Å². The van der Waals surface area contributed by atoms with Gasteiger partial charge in [0.25, 0.3) is 0 Å². The van der Waals surface area contributed by atoms with Crippen LogP contribution < -0.4 is 15.5 Å². The number of pyridine rings is 1. The molecule has 29 heavy (non-hydrogen) atoms. The molecule has 150 valence electrons. The molecule has 0 saturated heterocycles. The Kier molecular flexibility index (Phi) is 5.51. The van der Waals surface area contributed by atoms with Crippen molar-refractivity contribution in [3.63, 3.8) is 0 Å². The van der Waals surface area contributed by atoms with Crippen molar-refractivity contribution in [2.24, 2.45) is 0 Å². The van der Waals surface area contributed by atoms with Crippen molar-refractivity contribution in [3.05, 3.63) is 53.4 Å². The third-order valence-corrected chi connectivity index (χ3v) is 5.23. The average molecular weight is 410 g/mol. The Morgan fingerprint density at radius 3 is 2.83 bits per heavy atom. The number of likely N-dealkylation sites (N-methyl/N-ethyl adjacent to an activating group) is 2. The van der Waals surface area contributed by atoms with Crippen LogP contribution in [0.5, 0.6) is 0 Å². The van der Waals surface area contributed by atoms with E-state index in [1.807, 2.05) is 48.7 Å². The summed E-state index contributed by atoms with van der Waals surface area (Å²) in [4.78, 5) is 16.1. The topological polar surface area (TPSA) is 70.4 Å². The van der Waals surface area contributed by atoms with Gasteiger partial charge in [0, 0.05) is 20.1 Å². The van der Waals surface area contributed by atoms with Crippen LogP contribution in [-0.4, -0.2) is 46.0 Å². The number of imidazole rings is 1. The van der Waals surface area contributed by atoms with Crippen molar-refractivity contribution in [2.45, 2.75) is 13.8 Å². The lowest BCUT2D eigenvalue weighted by molar-refractivity contribution is 0.703. The molecule has 0 unspecified atom stereocenters. The van der Waals surface area contributed by atoms with E-state index in [1.165, 1.54) is 0 Å². The van der Waals surface area contributed by atoms with E-state index in [1.54, 1.807) is 12.5 Å². The molecule has 3 heterocycles. The maximum absolute atomic E-state index is 6.39. The predicted octanol–water partition coefficient (Wildman–Crippen LogP) is 4.03. The van der Waals surface area contributed by atoms with Crippen LogP contribution >= 0.6 is 11.6 Å². The van der Waals surface area contributed by atoms with Crippen LogP contribution in [-0.2, 0) is 0 Å². The van der Waals surface area contributed by atoms with Gasteiger partial charge in [0.05, 0.1) is 16.9 Å². The zero-order valence-electron chi connectivity index (χ0n) is 16.8. The largest absolute Gasteiger partial charge is 0.358 e. The summed E-state index contributed by atoms with van der Waals surface area (Å²) in [6.07, 6.45) is 3.55. The van der Waals surface area contributed by atoms with Crippen LogP contribution in [0.1, 0.15) is 12.5 Å². The van der Waals surface area contributed by atoms with Gasteiger partial charge in [-0.3, -0.25) is 4.40 Å². The van der Waals surface area contributed by atoms with Crippen LogP contribution in [0.4, 0.5) is 17.3 Å². The fraction of sp³-hybridized carbons (Fsp3) is 0.286. The number of anilines is 3. The highest BCUT2D eigenvalue weighted by atomic mass is 35.5. The number of fused-ring (bicyclic) bond motifs is 3. The summed E-state index contributed by atoms with van der Waals surface area (Å²) in [5, 5.41) is 7.37. The minimum atomic E-state index is 0.653. The number of aryl methyl sites for hydroxylation is 1. The molecule has 3 aromatic heterocycles. The summed E-state index contributed by atoms with van der Waals surface area (Å²) in [6.45, 7) is 6.86. The van der Waals surface area contributed by atoms with Gasteiger partial charge in [-0.1, -0.05) is 30.7 Å². The Morgan fingerprint density at radius 2 is 2.03 bits per heavy atom. The summed E-state index contributed by atoms with van der Waals surface area (Å²) < 4.78 is 1.96. The molecule has 0 aliphatic carbocycles. The van der Waals surface area contributed by atoms with E-state index in [-0.39, 0.29) is 0 Å². The lowest BCUT2D eigenvalue weighted by atomic mass is 10.2. The molecule has 0 saturated carbocycles. The minimum Gasteiger partial charge on any atom is -0.358 e. The number of aromatic nitrogens is 4. The molecule has 7 nitrogen and oxygen atoms in total. The van der Waals surface area contributed by atoms with Crippen LogP contribution in [0.15, 0.2) is 42.9 Å². The van der Waals surface area contributed by atoms with Crippen molar-refractivity contribution < 1.29 is 0 Å². The molecule has 2 N–H and O–H groups in total. The second kappa shape index (κ2) is 8.23. The number of benzene rings is 1. The lowest BCUT2D eigenvalue weighted by Gasteiger charge is -2.19. The number of hydrogen-bond acceptors (Lipinski definition) is 6. The molecule has 0 fully saturated rings. The summed E-state index contributed by atoms with van der Waals surface area (Å²) in [6, 6.07) is 9.80. The number of nitrogens with zero attached hydrogens (tertiary/aromatic N) is 5. The van der Waals surface area contributed by atoms with Crippen molar-refractivity contribution in [3.8, 4) is 0 Å². The first-order valence-electron chi connectivity index (χ1n) is 9.65.